The summed E-state index contributed by atoms with van der Waals surface area (Å²) in [5.41, 5.74) is 1.97. The molecule has 2 heterocycles. The summed E-state index contributed by atoms with van der Waals surface area (Å²) < 4.78 is 0. The molecule has 1 saturated heterocycles. The number of thiol groups is 1. The highest BCUT2D eigenvalue weighted by Crippen LogP contribution is 2.32. The number of ketones is 1. The molecule has 1 aliphatic rings. The van der Waals surface area contributed by atoms with Crippen LogP contribution in [0.1, 0.15) is 28.8 Å². The number of benzene rings is 1. The third kappa shape index (κ3) is 3.41. The first-order chi connectivity index (χ1) is 10.5. The van der Waals surface area contributed by atoms with Crippen molar-refractivity contribution in [1.82, 2.24) is 9.88 Å². The molecule has 0 saturated carbocycles. The van der Waals surface area contributed by atoms with Crippen molar-refractivity contribution in [2.24, 2.45) is 0 Å². The molecule has 0 aliphatic carbocycles. The molecule has 1 N–H and O–H groups in total. The van der Waals surface area contributed by atoms with E-state index in [1.165, 1.54) is 11.3 Å². The number of aromatic nitrogens is 1. The van der Waals surface area contributed by atoms with Gasteiger partial charge >= 0.3 is 0 Å². The normalized spacial score (nSPS) is 18.8. The first-order valence-corrected chi connectivity index (χ1v) is 8.50. The lowest BCUT2D eigenvalue weighted by Crippen LogP contribution is -2.22. The predicted molar refractivity (Wildman–Crippen MR) is 90.7 cm³/mol. The van der Waals surface area contributed by atoms with Crippen molar-refractivity contribution in [3.63, 3.8) is 0 Å². The second-order valence-corrected chi connectivity index (χ2v) is 7.09. The van der Waals surface area contributed by atoms with Gasteiger partial charge < -0.3 is 5.11 Å². The van der Waals surface area contributed by atoms with Crippen molar-refractivity contribution in [2.45, 2.75) is 30.9 Å². The second kappa shape index (κ2) is 6.50. The number of carbonyl (C=O) groups is 1. The van der Waals surface area contributed by atoms with E-state index in [0.717, 1.165) is 34.0 Å². The van der Waals surface area contributed by atoms with Crippen molar-refractivity contribution >= 4 is 29.7 Å². The molecular weight excluding hydrogens is 316 g/mol. The highest BCUT2D eigenvalue weighted by atomic mass is 32.1. The molecule has 1 aromatic heterocycles. The molecule has 0 spiro atoms. The summed E-state index contributed by atoms with van der Waals surface area (Å²) in [6, 6.07) is 7.88. The van der Waals surface area contributed by atoms with Crippen LogP contribution in [0.3, 0.4) is 0 Å². The number of nitrogens with zero attached hydrogens (tertiary/aromatic N) is 2. The molecule has 6 heteroatoms. The largest absolute Gasteiger partial charge is 0.392 e. The second-order valence-electron chi connectivity index (χ2n) is 5.58. The molecule has 2 aromatic rings. The Bertz CT molecular complexity index is 682. The Kier molecular flexibility index (Phi) is 4.63. The number of likely N-dealkylation sites (tertiary alicyclic amines) is 1. The van der Waals surface area contributed by atoms with E-state index in [4.69, 9.17) is 0 Å². The van der Waals surface area contributed by atoms with E-state index >= 15 is 0 Å². The van der Waals surface area contributed by atoms with Gasteiger partial charge in [-0.25, -0.2) is 4.98 Å². The quantitative estimate of drug-likeness (QED) is 0.667. The maximum atomic E-state index is 11.7. The molecule has 1 aromatic carbocycles. The van der Waals surface area contributed by atoms with Gasteiger partial charge in [0.2, 0.25) is 0 Å². The van der Waals surface area contributed by atoms with Gasteiger partial charge in [0.25, 0.3) is 0 Å². The topological polar surface area (TPSA) is 53.4 Å². The molecule has 1 aliphatic heterocycles. The van der Waals surface area contributed by atoms with Crippen LogP contribution in [0.15, 0.2) is 29.2 Å². The van der Waals surface area contributed by atoms with Crippen LogP contribution in [0.2, 0.25) is 0 Å². The van der Waals surface area contributed by atoms with Gasteiger partial charge in [0.1, 0.15) is 0 Å². The van der Waals surface area contributed by atoms with Crippen LogP contribution in [-0.4, -0.2) is 40.0 Å². The van der Waals surface area contributed by atoms with Crippen molar-refractivity contribution in [3.8, 4) is 10.4 Å². The van der Waals surface area contributed by atoms with Crippen LogP contribution in [-0.2, 0) is 6.54 Å². The maximum Gasteiger partial charge on any atom is 0.188 e. The zero-order valence-corrected chi connectivity index (χ0v) is 14.0. The molecule has 1 unspecified atom stereocenters. The van der Waals surface area contributed by atoms with E-state index in [1.54, 1.807) is 6.92 Å². The number of β-amino-alcohol motifs (C(OH)–C–C–N with tert-alkyl or cyclic N) is 1. The lowest BCUT2D eigenvalue weighted by molar-refractivity contribution is 0.101. The van der Waals surface area contributed by atoms with E-state index in [2.05, 4.69) is 22.5 Å². The van der Waals surface area contributed by atoms with Gasteiger partial charge in [0, 0.05) is 31.5 Å². The van der Waals surface area contributed by atoms with Crippen molar-refractivity contribution in [2.75, 3.05) is 13.1 Å². The van der Waals surface area contributed by atoms with Crippen molar-refractivity contribution < 1.29 is 9.90 Å². The minimum absolute atomic E-state index is 0.00947. The summed E-state index contributed by atoms with van der Waals surface area (Å²) in [5, 5.41) is 10.2. The van der Waals surface area contributed by atoms with Crippen LogP contribution < -0.4 is 0 Å². The van der Waals surface area contributed by atoms with Gasteiger partial charge in [0.05, 0.1) is 16.7 Å². The van der Waals surface area contributed by atoms with Gasteiger partial charge in [-0.05, 0) is 24.1 Å². The minimum Gasteiger partial charge on any atom is -0.392 e. The highest BCUT2D eigenvalue weighted by molar-refractivity contribution is 7.80. The Morgan fingerprint density at radius 1 is 1.45 bits per heavy atom. The molecule has 1 fully saturated rings. The number of rotatable bonds is 4. The number of hydrogen-bond acceptors (Lipinski definition) is 6. The van der Waals surface area contributed by atoms with Crippen molar-refractivity contribution in [1.29, 1.82) is 0 Å². The van der Waals surface area contributed by atoms with E-state index in [0.29, 0.717) is 18.1 Å². The lowest BCUT2D eigenvalue weighted by atomic mass is 10.1. The summed E-state index contributed by atoms with van der Waals surface area (Å²) in [6.07, 6.45) is 0.547. The fraction of sp³-hybridized carbons (Fsp3) is 0.375. The first-order valence-electron chi connectivity index (χ1n) is 7.23. The van der Waals surface area contributed by atoms with E-state index in [9.17, 15) is 9.90 Å². The summed E-state index contributed by atoms with van der Waals surface area (Å²) >= 11 is 5.75. The average molecular weight is 334 g/mol. The van der Waals surface area contributed by atoms with Crippen LogP contribution >= 0.6 is 24.0 Å². The summed E-state index contributed by atoms with van der Waals surface area (Å²) in [4.78, 5) is 20.3. The summed E-state index contributed by atoms with van der Waals surface area (Å²) in [5.74, 6) is -0.00947. The molecule has 3 rings (SSSR count). The Morgan fingerprint density at radius 3 is 2.77 bits per heavy atom. The molecule has 0 bridgehead atoms. The average Bonchev–Trinajstić information content (AvgIpc) is 3.07. The molecule has 22 heavy (non-hydrogen) atoms. The van der Waals surface area contributed by atoms with Crippen molar-refractivity contribution in [3.05, 3.63) is 35.0 Å². The van der Waals surface area contributed by atoms with E-state index < -0.39 is 0 Å². The molecule has 4 nitrogen and oxygen atoms in total. The smallest absolute Gasteiger partial charge is 0.188 e. The van der Waals surface area contributed by atoms with Gasteiger partial charge in [-0.15, -0.1) is 24.0 Å². The van der Waals surface area contributed by atoms with Gasteiger partial charge in [-0.2, -0.15) is 0 Å². The lowest BCUT2D eigenvalue weighted by Gasteiger charge is -2.14. The van der Waals surface area contributed by atoms with Crippen LogP contribution in [0.25, 0.3) is 10.4 Å². The summed E-state index contributed by atoms with van der Waals surface area (Å²) in [6.45, 7) is 3.74. The third-order valence-electron chi connectivity index (χ3n) is 3.75. The van der Waals surface area contributed by atoms with Crippen LogP contribution in [0.5, 0.6) is 0 Å². The van der Waals surface area contributed by atoms with Crippen LogP contribution in [0, 0.1) is 0 Å². The Labute approximate surface area is 139 Å². The van der Waals surface area contributed by atoms with Crippen LogP contribution in [0.4, 0.5) is 0 Å². The standard InChI is InChI=1S/C16H18N2O2S2/c1-10(19)16-17-14(9-18-7-6-12(20)8-18)15(22-16)11-2-4-13(21)5-3-11/h2-5,12,20-21H,6-9H2,1H3. The van der Waals surface area contributed by atoms with Gasteiger partial charge in [0.15, 0.2) is 10.8 Å². The zero-order chi connectivity index (χ0) is 15.7. The van der Waals surface area contributed by atoms with Gasteiger partial charge in [-0.1, -0.05) is 12.1 Å². The number of Topliss-reactive ketones (excluding diaryl/α,β-unsaturated/α-hetero) is 1. The predicted octanol–water partition coefficient (Wildman–Crippen LogP) is 2.87. The number of thiazole rings is 1. The maximum absolute atomic E-state index is 11.7. The Morgan fingerprint density at radius 2 is 2.18 bits per heavy atom. The fourth-order valence-electron chi connectivity index (χ4n) is 2.62. The first kappa shape index (κ1) is 15.7. The van der Waals surface area contributed by atoms with Gasteiger partial charge in [-0.3, -0.25) is 9.69 Å². The number of hydrogen-bond donors (Lipinski definition) is 2. The molecule has 0 radical (unpaired) electrons. The zero-order valence-electron chi connectivity index (χ0n) is 12.3. The molecule has 1 atom stereocenters. The monoisotopic (exact) mass is 334 g/mol. The number of aliphatic hydroxyl groups excluding tert-OH is 1. The van der Waals surface area contributed by atoms with E-state index in [-0.39, 0.29) is 11.9 Å². The third-order valence-corrected chi connectivity index (χ3v) is 5.29. The number of carbonyl (C=O) groups excluding carboxylic acids is 1. The fourth-order valence-corrected chi connectivity index (χ4v) is 3.74. The Hall–Kier alpha value is -1.21. The Balaban J connectivity index is 1.93. The van der Waals surface area contributed by atoms with E-state index in [1.807, 2.05) is 24.3 Å². The molecule has 116 valence electrons. The number of aliphatic hydroxyl groups is 1. The highest BCUT2D eigenvalue weighted by Gasteiger charge is 2.23. The molecular formula is C16H18N2O2S2. The SMILES string of the molecule is CC(=O)c1nc(CN2CCC(O)C2)c(-c2ccc(S)cc2)s1. The molecule has 0 amide bonds. The summed E-state index contributed by atoms with van der Waals surface area (Å²) in [7, 11) is 0. The minimum atomic E-state index is -0.252.